The number of nitrogens with zero attached hydrogens (tertiary/aromatic N) is 5. The third-order valence-electron chi connectivity index (χ3n) is 7.59. The first-order valence-electron chi connectivity index (χ1n) is 13.8. The quantitative estimate of drug-likeness (QED) is 0.300. The Morgan fingerprint density at radius 3 is 2.34 bits per heavy atom. The number of allylic oxidation sites excluding steroid dienone is 1. The van der Waals surface area contributed by atoms with Crippen molar-refractivity contribution in [2.75, 3.05) is 77.4 Å². The maximum atomic E-state index is 14.7. The fraction of sp³-hybridized carbons (Fsp3) is 0.467. The molecule has 2 aromatic rings. The molecule has 0 unspecified atom stereocenters. The monoisotopic (exact) mass is 570 g/mol. The Morgan fingerprint density at radius 2 is 1.71 bits per heavy atom. The predicted octanol–water partition coefficient (Wildman–Crippen LogP) is 4.40. The molecule has 0 aliphatic carbocycles. The van der Waals surface area contributed by atoms with Crippen molar-refractivity contribution >= 4 is 24.3 Å². The van der Waals surface area contributed by atoms with Crippen molar-refractivity contribution in [3.05, 3.63) is 59.5 Å². The second-order valence-corrected chi connectivity index (χ2v) is 10.1. The summed E-state index contributed by atoms with van der Waals surface area (Å²) in [6.45, 7) is 9.99. The molecule has 0 aromatic heterocycles. The van der Waals surface area contributed by atoms with Crippen LogP contribution in [0.15, 0.2) is 52.3 Å². The number of aliphatic imine (C=N–C) groups is 2. The van der Waals surface area contributed by atoms with Crippen molar-refractivity contribution < 1.29 is 23.0 Å². The summed E-state index contributed by atoms with van der Waals surface area (Å²) in [5, 5.41) is 3.29. The van der Waals surface area contributed by atoms with Crippen molar-refractivity contribution in [2.24, 2.45) is 9.98 Å². The summed E-state index contributed by atoms with van der Waals surface area (Å²) in [6, 6.07) is 10.1. The van der Waals surface area contributed by atoms with Crippen molar-refractivity contribution in [1.29, 1.82) is 0 Å². The van der Waals surface area contributed by atoms with Gasteiger partial charge >= 0.3 is 0 Å². The molecule has 222 valence electrons. The van der Waals surface area contributed by atoms with Crippen LogP contribution in [-0.4, -0.2) is 96.0 Å². The molecule has 41 heavy (non-hydrogen) atoms. The van der Waals surface area contributed by atoms with Crippen molar-refractivity contribution in [2.45, 2.75) is 25.5 Å². The molecule has 2 heterocycles. The van der Waals surface area contributed by atoms with Crippen LogP contribution in [0.3, 0.4) is 0 Å². The van der Waals surface area contributed by atoms with Gasteiger partial charge in [-0.2, -0.15) is 0 Å². The molecule has 0 saturated carbocycles. The highest BCUT2D eigenvalue weighted by Gasteiger charge is 2.27. The van der Waals surface area contributed by atoms with E-state index in [-0.39, 0.29) is 29.5 Å². The van der Waals surface area contributed by atoms with Crippen LogP contribution in [0.5, 0.6) is 11.5 Å². The van der Waals surface area contributed by atoms with E-state index in [0.717, 1.165) is 51.0 Å². The molecule has 2 fully saturated rings. The van der Waals surface area contributed by atoms with E-state index in [0.29, 0.717) is 6.04 Å². The molecule has 0 amide bonds. The largest absolute Gasteiger partial charge is 0.494 e. The Balaban J connectivity index is 1.29. The van der Waals surface area contributed by atoms with E-state index in [1.165, 1.54) is 45.2 Å². The summed E-state index contributed by atoms with van der Waals surface area (Å²) < 4.78 is 44.9. The summed E-state index contributed by atoms with van der Waals surface area (Å²) in [4.78, 5) is 15.5. The molecular formula is C30H40F2N6O3. The van der Waals surface area contributed by atoms with Crippen LogP contribution in [-0.2, 0) is 11.3 Å². The molecule has 2 aromatic carbocycles. The van der Waals surface area contributed by atoms with E-state index in [1.807, 2.05) is 12.1 Å². The molecule has 2 aliphatic heterocycles. The number of piperazine rings is 1. The Kier molecular flexibility index (Phi) is 10.9. The first-order valence-corrected chi connectivity index (χ1v) is 13.8. The third-order valence-corrected chi connectivity index (χ3v) is 7.59. The number of ether oxygens (including phenoxy) is 3. The lowest BCUT2D eigenvalue weighted by Crippen LogP contribution is -2.52. The minimum Gasteiger partial charge on any atom is -0.494 e. The van der Waals surface area contributed by atoms with Crippen LogP contribution in [0.2, 0.25) is 0 Å². The van der Waals surface area contributed by atoms with Crippen LogP contribution < -0.4 is 19.7 Å². The fourth-order valence-corrected chi connectivity index (χ4v) is 5.18. The smallest absolute Gasteiger partial charge is 0.174 e. The van der Waals surface area contributed by atoms with Gasteiger partial charge in [0, 0.05) is 62.8 Å². The van der Waals surface area contributed by atoms with Gasteiger partial charge in [0.05, 0.1) is 32.2 Å². The molecule has 2 aliphatic rings. The van der Waals surface area contributed by atoms with E-state index in [1.54, 1.807) is 0 Å². The molecule has 0 spiro atoms. The number of benzene rings is 2. The molecule has 11 heteroatoms. The number of hydrogen-bond donors (Lipinski definition) is 1. The third kappa shape index (κ3) is 7.95. The number of halogens is 2. The summed E-state index contributed by atoms with van der Waals surface area (Å²) in [5.74, 6) is -1.82. The van der Waals surface area contributed by atoms with E-state index in [9.17, 15) is 8.78 Å². The van der Waals surface area contributed by atoms with Crippen LogP contribution in [0, 0.1) is 11.6 Å². The lowest BCUT2D eigenvalue weighted by Gasteiger charge is -2.42. The Hall–Kier alpha value is -3.70. The maximum absolute atomic E-state index is 14.7. The second-order valence-electron chi connectivity index (χ2n) is 10.1. The second kappa shape index (κ2) is 14.8. The molecule has 0 atom stereocenters. The molecule has 2 saturated heterocycles. The molecule has 0 radical (unpaired) electrons. The summed E-state index contributed by atoms with van der Waals surface area (Å²) >= 11 is 0. The Morgan fingerprint density at radius 1 is 1.02 bits per heavy atom. The van der Waals surface area contributed by atoms with Gasteiger partial charge in [0.1, 0.15) is 13.3 Å². The number of anilines is 2. The van der Waals surface area contributed by atoms with Gasteiger partial charge in [-0.1, -0.05) is 6.07 Å². The van der Waals surface area contributed by atoms with Gasteiger partial charge in [-0.15, -0.1) is 0 Å². The minimum atomic E-state index is -0.862. The molecule has 0 bridgehead atoms. The SMILES string of the molecule is C=N/C=C(\C=N/CNc1cccc(N2CCC(N3CCN(C)CC3)CC2)c1)OCc1c(F)c(OC)cc(OC)c1F. The topological polar surface area (TPSA) is 74.2 Å². The first kappa shape index (κ1) is 30.3. The first-order chi connectivity index (χ1) is 19.9. The zero-order valence-electron chi connectivity index (χ0n) is 24.1. The fourth-order valence-electron chi connectivity index (χ4n) is 5.18. The highest BCUT2D eigenvalue weighted by Crippen LogP contribution is 2.32. The predicted molar refractivity (Wildman–Crippen MR) is 160 cm³/mol. The van der Waals surface area contributed by atoms with Crippen molar-refractivity contribution in [3.63, 3.8) is 0 Å². The zero-order chi connectivity index (χ0) is 29.2. The normalized spacial score (nSPS) is 17.6. The van der Waals surface area contributed by atoms with Gasteiger partial charge in [-0.25, -0.2) is 8.78 Å². The van der Waals surface area contributed by atoms with Gasteiger partial charge < -0.3 is 29.3 Å². The molecule has 4 rings (SSSR count). The summed E-state index contributed by atoms with van der Waals surface area (Å²) in [6.07, 6.45) is 5.11. The minimum absolute atomic E-state index is 0.145. The van der Waals surface area contributed by atoms with Crippen LogP contribution in [0.25, 0.3) is 0 Å². The highest BCUT2D eigenvalue weighted by molar-refractivity contribution is 5.76. The Bertz CT molecular complexity index is 1200. The number of likely N-dealkylation sites (N-methyl/N-ethyl adjacent to an activating group) is 1. The standard InChI is InChI=1S/C30H40F2N6O3/c1-33-18-25(41-20-26-29(31)27(39-3)17-28(40-4)30(26)32)19-34-21-35-22-6-5-7-24(16-22)37-10-8-23(9-11-37)38-14-12-36(2)13-15-38/h5-7,16-19,23,35H,1,8-15,20-21H2,2-4H3/b25-18+,34-19-. The van der Waals surface area contributed by atoms with E-state index < -0.39 is 18.2 Å². The van der Waals surface area contributed by atoms with Crippen molar-refractivity contribution in [1.82, 2.24) is 9.80 Å². The van der Waals surface area contributed by atoms with E-state index in [4.69, 9.17) is 14.2 Å². The van der Waals surface area contributed by atoms with Gasteiger partial charge in [-0.3, -0.25) is 14.9 Å². The van der Waals surface area contributed by atoms with E-state index in [2.05, 4.69) is 55.9 Å². The van der Waals surface area contributed by atoms with E-state index >= 15 is 0 Å². The van der Waals surface area contributed by atoms with Crippen LogP contribution in [0.1, 0.15) is 18.4 Å². The molecule has 1 N–H and O–H groups in total. The van der Waals surface area contributed by atoms with Crippen LogP contribution in [0.4, 0.5) is 20.2 Å². The maximum Gasteiger partial charge on any atom is 0.174 e. The Labute approximate surface area is 241 Å². The van der Waals surface area contributed by atoms with Gasteiger partial charge in [-0.05, 0) is 44.8 Å². The average Bonchev–Trinajstić information content (AvgIpc) is 3.00. The van der Waals surface area contributed by atoms with Gasteiger partial charge in [0.2, 0.25) is 0 Å². The highest BCUT2D eigenvalue weighted by atomic mass is 19.1. The number of rotatable bonds is 12. The molecule has 9 nitrogen and oxygen atoms in total. The lowest BCUT2D eigenvalue weighted by molar-refractivity contribution is 0.0982. The number of hydrogen-bond acceptors (Lipinski definition) is 9. The summed E-state index contributed by atoms with van der Waals surface area (Å²) in [5.41, 5.74) is 1.81. The van der Waals surface area contributed by atoms with Crippen molar-refractivity contribution in [3.8, 4) is 11.5 Å². The van der Waals surface area contributed by atoms with Gasteiger partial charge in [0.15, 0.2) is 28.9 Å². The molecular weight excluding hydrogens is 530 g/mol. The average molecular weight is 571 g/mol. The number of methoxy groups -OCH3 is 2. The van der Waals surface area contributed by atoms with Gasteiger partial charge in [0.25, 0.3) is 0 Å². The summed E-state index contributed by atoms with van der Waals surface area (Å²) in [7, 11) is 4.78. The van der Waals surface area contributed by atoms with Crippen LogP contribution >= 0.6 is 0 Å². The number of nitrogens with one attached hydrogen (secondary N) is 1. The lowest BCUT2D eigenvalue weighted by atomic mass is 10.0. The number of piperidine rings is 1. The zero-order valence-corrected chi connectivity index (χ0v) is 24.1.